The molecule has 0 heterocycles. The quantitative estimate of drug-likeness (QED) is 0.761. The molecule has 0 aromatic carbocycles. The molecule has 0 aromatic rings. The molecular formula is C11H23NO2S2. The lowest BCUT2D eigenvalue weighted by atomic mass is 10.2. The molecule has 1 rings (SSSR count). The Morgan fingerprint density at radius 1 is 1.31 bits per heavy atom. The summed E-state index contributed by atoms with van der Waals surface area (Å²) in [5, 5.41) is 4.14. The van der Waals surface area contributed by atoms with Crippen LogP contribution in [0.25, 0.3) is 0 Å². The zero-order valence-corrected chi connectivity index (χ0v) is 11.9. The summed E-state index contributed by atoms with van der Waals surface area (Å²) in [6.45, 7) is 2.53. The van der Waals surface area contributed by atoms with E-state index in [0.717, 1.165) is 11.7 Å². The minimum atomic E-state index is -2.81. The minimum Gasteiger partial charge on any atom is -0.313 e. The van der Waals surface area contributed by atoms with Crippen molar-refractivity contribution in [3.05, 3.63) is 0 Å². The first-order chi connectivity index (χ1) is 7.57. The van der Waals surface area contributed by atoms with Crippen LogP contribution >= 0.6 is 11.8 Å². The van der Waals surface area contributed by atoms with Gasteiger partial charge in [-0.1, -0.05) is 6.92 Å². The van der Waals surface area contributed by atoms with Crippen molar-refractivity contribution < 1.29 is 8.42 Å². The number of sulfone groups is 1. The molecule has 2 atom stereocenters. The van der Waals surface area contributed by atoms with Crippen LogP contribution in [0.5, 0.6) is 0 Å². The van der Waals surface area contributed by atoms with Crippen molar-refractivity contribution in [2.24, 2.45) is 0 Å². The Morgan fingerprint density at radius 3 is 2.62 bits per heavy atom. The van der Waals surface area contributed by atoms with Gasteiger partial charge in [-0.2, -0.15) is 11.8 Å². The summed E-state index contributed by atoms with van der Waals surface area (Å²) in [7, 11) is -2.81. The van der Waals surface area contributed by atoms with E-state index in [4.69, 9.17) is 0 Å². The van der Waals surface area contributed by atoms with Crippen LogP contribution in [0.1, 0.15) is 32.6 Å². The van der Waals surface area contributed by atoms with Gasteiger partial charge in [-0.3, -0.25) is 0 Å². The van der Waals surface area contributed by atoms with Gasteiger partial charge in [0, 0.05) is 23.6 Å². The summed E-state index contributed by atoms with van der Waals surface area (Å²) in [4.78, 5) is 0. The van der Waals surface area contributed by atoms with Gasteiger partial charge in [0.2, 0.25) is 0 Å². The highest BCUT2D eigenvalue weighted by molar-refractivity contribution is 7.99. The smallest absolute Gasteiger partial charge is 0.151 e. The maximum Gasteiger partial charge on any atom is 0.151 e. The van der Waals surface area contributed by atoms with E-state index in [9.17, 15) is 8.42 Å². The monoisotopic (exact) mass is 265 g/mol. The molecule has 1 aliphatic rings. The van der Waals surface area contributed by atoms with Gasteiger partial charge in [0.1, 0.15) is 0 Å². The summed E-state index contributed by atoms with van der Waals surface area (Å²) < 4.78 is 23.0. The lowest BCUT2D eigenvalue weighted by Gasteiger charge is -2.12. The number of rotatable bonds is 7. The lowest BCUT2D eigenvalue weighted by Crippen LogP contribution is -2.32. The van der Waals surface area contributed by atoms with Crippen LogP contribution in [0.3, 0.4) is 0 Å². The first kappa shape index (κ1) is 14.3. The van der Waals surface area contributed by atoms with Crippen molar-refractivity contribution in [3.8, 4) is 0 Å². The van der Waals surface area contributed by atoms with Gasteiger partial charge in [0.15, 0.2) is 9.84 Å². The highest BCUT2D eigenvalue weighted by Gasteiger charge is 2.23. The second-order valence-corrected chi connectivity index (χ2v) is 7.92. The minimum absolute atomic E-state index is 0.293. The van der Waals surface area contributed by atoms with E-state index in [0.29, 0.717) is 24.1 Å². The molecule has 2 unspecified atom stereocenters. The van der Waals surface area contributed by atoms with Crippen LogP contribution in [0.4, 0.5) is 0 Å². The number of hydrogen-bond donors (Lipinski definition) is 1. The third-order valence-corrected chi connectivity index (χ3v) is 6.03. The summed E-state index contributed by atoms with van der Waals surface area (Å²) in [6, 6.07) is 0.536. The van der Waals surface area contributed by atoms with Crippen molar-refractivity contribution >= 4 is 21.6 Å². The molecule has 0 aliphatic heterocycles. The Kier molecular flexibility index (Phi) is 6.15. The van der Waals surface area contributed by atoms with Gasteiger partial charge < -0.3 is 5.32 Å². The van der Waals surface area contributed by atoms with Crippen LogP contribution in [0, 0.1) is 0 Å². The second-order valence-electron chi connectivity index (χ2n) is 4.47. The second kappa shape index (κ2) is 6.87. The maximum absolute atomic E-state index is 11.5. The highest BCUT2D eigenvalue weighted by atomic mass is 32.2. The Hall–Kier alpha value is 0.260. The van der Waals surface area contributed by atoms with Gasteiger partial charge >= 0.3 is 0 Å². The largest absolute Gasteiger partial charge is 0.313 e. The van der Waals surface area contributed by atoms with Crippen LogP contribution < -0.4 is 5.32 Å². The average Bonchev–Trinajstić information content (AvgIpc) is 2.65. The molecule has 5 heteroatoms. The fraction of sp³-hybridized carbons (Fsp3) is 1.00. The molecule has 0 aromatic heterocycles. The van der Waals surface area contributed by atoms with Gasteiger partial charge in [0.25, 0.3) is 0 Å². The third kappa shape index (κ3) is 5.06. The molecule has 96 valence electrons. The zero-order valence-electron chi connectivity index (χ0n) is 10.2. The van der Waals surface area contributed by atoms with Crippen molar-refractivity contribution in [1.82, 2.24) is 5.32 Å². The normalized spacial score (nSPS) is 26.1. The lowest BCUT2D eigenvalue weighted by molar-refractivity contribution is 0.536. The van der Waals surface area contributed by atoms with Crippen molar-refractivity contribution in [2.75, 3.05) is 24.3 Å². The van der Waals surface area contributed by atoms with Crippen LogP contribution in [-0.2, 0) is 9.84 Å². The maximum atomic E-state index is 11.5. The van der Waals surface area contributed by atoms with Crippen molar-refractivity contribution in [3.63, 3.8) is 0 Å². The first-order valence-corrected chi connectivity index (χ1v) is 9.15. The number of thioether (sulfide) groups is 1. The molecule has 0 radical (unpaired) electrons. The average molecular weight is 265 g/mol. The van der Waals surface area contributed by atoms with E-state index in [1.165, 1.54) is 19.3 Å². The zero-order chi connectivity index (χ0) is 12.0. The molecule has 1 aliphatic carbocycles. The molecule has 1 saturated carbocycles. The van der Waals surface area contributed by atoms with Gasteiger partial charge in [-0.05, 0) is 31.9 Å². The van der Waals surface area contributed by atoms with Gasteiger partial charge in [-0.25, -0.2) is 8.42 Å². The fourth-order valence-corrected chi connectivity index (χ4v) is 4.22. The highest BCUT2D eigenvalue weighted by Crippen LogP contribution is 2.27. The Labute approximate surface area is 104 Å². The summed E-state index contributed by atoms with van der Waals surface area (Å²) >= 11 is 1.93. The molecule has 16 heavy (non-hydrogen) atoms. The standard InChI is InChI=1S/C11H23NO2S2/c1-3-7-16(13,14)8-6-12-10-4-5-11(9-10)15-2/h10-12H,3-9H2,1-2H3. The van der Waals surface area contributed by atoms with E-state index in [1.807, 2.05) is 18.7 Å². The molecule has 1 N–H and O–H groups in total. The predicted molar refractivity (Wildman–Crippen MR) is 71.9 cm³/mol. The first-order valence-electron chi connectivity index (χ1n) is 6.04. The molecule has 0 saturated heterocycles. The van der Waals surface area contributed by atoms with Crippen molar-refractivity contribution in [1.29, 1.82) is 0 Å². The summed E-state index contributed by atoms with van der Waals surface area (Å²) in [6.07, 6.45) is 6.52. The molecule has 3 nitrogen and oxygen atoms in total. The number of nitrogens with one attached hydrogen (secondary N) is 1. The molecule has 1 fully saturated rings. The summed E-state index contributed by atoms with van der Waals surface area (Å²) in [5.74, 6) is 0.619. The Bertz CT molecular complexity index is 290. The molecular weight excluding hydrogens is 242 g/mol. The van der Waals surface area contributed by atoms with E-state index >= 15 is 0 Å². The van der Waals surface area contributed by atoms with E-state index in [-0.39, 0.29) is 0 Å². The van der Waals surface area contributed by atoms with E-state index in [1.54, 1.807) is 0 Å². The molecule has 0 amide bonds. The van der Waals surface area contributed by atoms with Crippen LogP contribution in [-0.4, -0.2) is 44.0 Å². The number of hydrogen-bond acceptors (Lipinski definition) is 4. The topological polar surface area (TPSA) is 46.2 Å². The van der Waals surface area contributed by atoms with Crippen LogP contribution in [0.15, 0.2) is 0 Å². The Morgan fingerprint density at radius 2 is 2.06 bits per heavy atom. The fourth-order valence-electron chi connectivity index (χ4n) is 2.17. The van der Waals surface area contributed by atoms with Crippen LogP contribution in [0.2, 0.25) is 0 Å². The SMILES string of the molecule is CCCS(=O)(=O)CCNC1CCC(SC)C1. The van der Waals surface area contributed by atoms with Crippen molar-refractivity contribution in [2.45, 2.75) is 43.9 Å². The molecule has 0 bridgehead atoms. The van der Waals surface area contributed by atoms with E-state index in [2.05, 4.69) is 11.6 Å². The third-order valence-electron chi connectivity index (χ3n) is 3.08. The van der Waals surface area contributed by atoms with Gasteiger partial charge in [-0.15, -0.1) is 0 Å². The van der Waals surface area contributed by atoms with E-state index < -0.39 is 9.84 Å². The summed E-state index contributed by atoms with van der Waals surface area (Å²) in [5.41, 5.74) is 0. The Balaban J connectivity index is 2.17. The predicted octanol–water partition coefficient (Wildman–Crippen LogP) is 1.68. The molecule has 0 spiro atoms. The van der Waals surface area contributed by atoms with Gasteiger partial charge in [0.05, 0.1) is 5.75 Å².